The number of hydrogen-bond donors (Lipinski definition) is 0. The number of anilines is 2. The lowest BCUT2D eigenvalue weighted by Crippen LogP contribution is -2.24. The maximum absolute atomic E-state index is 5.35. The monoisotopic (exact) mass is 570 g/mol. The average Bonchev–Trinajstić information content (AvgIpc) is 3.54. The average molecular weight is 571 g/mol. The summed E-state index contributed by atoms with van der Waals surface area (Å²) in [6, 6.07) is 62.0. The Hall–Kier alpha value is -5.25. The first-order valence-electron chi connectivity index (χ1n) is 14.5. The zero-order chi connectivity index (χ0) is 28.8. The van der Waals surface area contributed by atoms with E-state index in [4.69, 9.17) is 4.98 Å². The van der Waals surface area contributed by atoms with Gasteiger partial charge in [0.05, 0.1) is 6.04 Å². The van der Waals surface area contributed by atoms with Crippen LogP contribution in [-0.2, 0) is 0 Å². The van der Waals surface area contributed by atoms with Gasteiger partial charge in [-0.25, -0.2) is 4.98 Å². The minimum absolute atomic E-state index is 0.0546. The summed E-state index contributed by atoms with van der Waals surface area (Å²) < 4.78 is 0. The molecular weight excluding hydrogens is 541 g/mol. The third kappa shape index (κ3) is 5.63. The minimum atomic E-state index is -0.0546. The van der Waals surface area contributed by atoms with Crippen LogP contribution in [0.25, 0.3) is 33.0 Å². The Kier molecular flexibility index (Phi) is 7.63. The van der Waals surface area contributed by atoms with Crippen LogP contribution in [0, 0.1) is 0 Å². The fraction of sp³-hybridized carbons (Fsp3) is 0.0250. The summed E-state index contributed by atoms with van der Waals surface area (Å²) in [5.74, 6) is 0. The van der Waals surface area contributed by atoms with Crippen molar-refractivity contribution in [3.8, 4) is 33.0 Å². The van der Waals surface area contributed by atoms with Crippen molar-refractivity contribution < 1.29 is 0 Å². The van der Waals surface area contributed by atoms with E-state index < -0.39 is 0 Å². The molecule has 0 saturated carbocycles. The first-order valence-corrected chi connectivity index (χ1v) is 15.3. The Morgan fingerprint density at radius 3 is 1.37 bits per heavy atom. The first kappa shape index (κ1) is 26.6. The van der Waals surface area contributed by atoms with E-state index in [9.17, 15) is 0 Å². The van der Waals surface area contributed by atoms with Crippen molar-refractivity contribution in [2.45, 2.75) is 6.04 Å². The van der Waals surface area contributed by atoms with Gasteiger partial charge in [0.15, 0.2) is 0 Å². The zero-order valence-corrected chi connectivity index (χ0v) is 24.4. The van der Waals surface area contributed by atoms with Crippen LogP contribution in [0.2, 0.25) is 0 Å². The Morgan fingerprint density at radius 2 is 0.837 bits per heavy atom. The molecule has 0 fully saturated rings. The number of hydrogen-bond acceptors (Lipinski definition) is 3. The molecule has 2 nitrogen and oxygen atoms in total. The van der Waals surface area contributed by atoms with Crippen molar-refractivity contribution in [1.29, 1.82) is 0 Å². The van der Waals surface area contributed by atoms with Crippen LogP contribution in [0.15, 0.2) is 176 Å². The van der Waals surface area contributed by atoms with E-state index in [0.29, 0.717) is 0 Å². The summed E-state index contributed by atoms with van der Waals surface area (Å²) in [6.07, 6.45) is 0. The second-order valence-electron chi connectivity index (χ2n) is 10.4. The van der Waals surface area contributed by atoms with Crippen molar-refractivity contribution in [3.05, 3.63) is 187 Å². The summed E-state index contributed by atoms with van der Waals surface area (Å²) >= 11 is 1.74. The lowest BCUT2D eigenvalue weighted by Gasteiger charge is -2.34. The highest BCUT2D eigenvalue weighted by atomic mass is 32.1. The zero-order valence-electron chi connectivity index (χ0n) is 23.6. The minimum Gasteiger partial charge on any atom is -0.320 e. The SMILES string of the molecule is c1ccc(-c2ccc(-c3nc(-c4ccccc4)c(N(c4ccccc4)C(c4ccccc4)c4ccccc4)s3)cc2)cc1. The van der Waals surface area contributed by atoms with E-state index in [0.717, 1.165) is 32.5 Å². The molecule has 0 aliphatic rings. The summed E-state index contributed by atoms with van der Waals surface area (Å²) in [6.45, 7) is 0. The first-order chi connectivity index (χ1) is 21.3. The lowest BCUT2D eigenvalue weighted by atomic mass is 9.96. The van der Waals surface area contributed by atoms with E-state index in [1.54, 1.807) is 11.3 Å². The molecule has 0 radical (unpaired) electrons. The Bertz CT molecular complexity index is 1850. The van der Waals surface area contributed by atoms with E-state index in [2.05, 4.69) is 181 Å². The van der Waals surface area contributed by atoms with Crippen LogP contribution in [-0.4, -0.2) is 4.98 Å². The van der Waals surface area contributed by atoms with Crippen molar-refractivity contribution in [1.82, 2.24) is 4.98 Å². The Labute approximate surface area is 257 Å². The molecule has 0 unspecified atom stereocenters. The van der Waals surface area contributed by atoms with Crippen molar-refractivity contribution in [3.63, 3.8) is 0 Å². The van der Waals surface area contributed by atoms with Crippen LogP contribution >= 0.6 is 11.3 Å². The van der Waals surface area contributed by atoms with Gasteiger partial charge in [-0.2, -0.15) is 0 Å². The predicted octanol–water partition coefficient (Wildman–Crippen LogP) is 11.1. The van der Waals surface area contributed by atoms with Gasteiger partial charge in [-0.05, 0) is 34.4 Å². The van der Waals surface area contributed by atoms with Gasteiger partial charge in [-0.1, -0.05) is 175 Å². The number of thiazole rings is 1. The number of benzene rings is 6. The molecular formula is C40H30N2S. The number of nitrogens with zero attached hydrogens (tertiary/aromatic N) is 2. The molecule has 0 spiro atoms. The van der Waals surface area contributed by atoms with Gasteiger partial charge in [-0.3, -0.25) is 0 Å². The van der Waals surface area contributed by atoms with Crippen molar-refractivity contribution >= 4 is 22.0 Å². The van der Waals surface area contributed by atoms with E-state index >= 15 is 0 Å². The van der Waals surface area contributed by atoms with Gasteiger partial charge in [-0.15, -0.1) is 0 Å². The third-order valence-electron chi connectivity index (χ3n) is 7.64. The normalized spacial score (nSPS) is 11.0. The predicted molar refractivity (Wildman–Crippen MR) is 182 cm³/mol. The number of rotatable bonds is 8. The Morgan fingerprint density at radius 1 is 0.419 bits per heavy atom. The molecule has 0 N–H and O–H groups in total. The molecule has 206 valence electrons. The summed E-state index contributed by atoms with van der Waals surface area (Å²) in [5.41, 5.74) is 9.16. The highest BCUT2D eigenvalue weighted by Gasteiger charge is 2.29. The molecule has 7 aromatic rings. The van der Waals surface area contributed by atoms with E-state index in [1.165, 1.54) is 22.3 Å². The van der Waals surface area contributed by atoms with Gasteiger partial charge >= 0.3 is 0 Å². The molecule has 0 aliphatic carbocycles. The molecule has 1 aromatic heterocycles. The number of aromatic nitrogens is 1. The summed E-state index contributed by atoms with van der Waals surface area (Å²) in [4.78, 5) is 7.81. The molecule has 3 heteroatoms. The molecule has 7 rings (SSSR count). The topological polar surface area (TPSA) is 16.1 Å². The van der Waals surface area contributed by atoms with Gasteiger partial charge in [0, 0.05) is 16.8 Å². The van der Waals surface area contributed by atoms with E-state index in [-0.39, 0.29) is 6.04 Å². The standard InChI is InChI=1S/C40H30N2S/c1-6-16-30(17-7-1)31-26-28-35(29-27-31)39-41-37(32-18-8-2-9-19-32)40(43-39)42(36-24-14-5-15-25-36)38(33-20-10-3-11-21-33)34-22-12-4-13-23-34/h1-29,38H. The number of para-hydroxylation sites is 1. The molecule has 0 amide bonds. The smallest absolute Gasteiger partial charge is 0.126 e. The van der Waals surface area contributed by atoms with Gasteiger partial charge < -0.3 is 4.90 Å². The quantitative estimate of drug-likeness (QED) is 0.181. The molecule has 0 bridgehead atoms. The van der Waals surface area contributed by atoms with Crippen LogP contribution in [0.4, 0.5) is 10.7 Å². The fourth-order valence-electron chi connectivity index (χ4n) is 5.55. The van der Waals surface area contributed by atoms with Crippen LogP contribution in [0.1, 0.15) is 17.2 Å². The molecule has 0 aliphatic heterocycles. The molecule has 0 saturated heterocycles. The summed E-state index contributed by atoms with van der Waals surface area (Å²) in [5, 5.41) is 2.10. The molecule has 43 heavy (non-hydrogen) atoms. The highest BCUT2D eigenvalue weighted by molar-refractivity contribution is 7.19. The molecule has 1 heterocycles. The maximum atomic E-state index is 5.35. The lowest BCUT2D eigenvalue weighted by molar-refractivity contribution is 0.826. The third-order valence-corrected chi connectivity index (χ3v) is 8.74. The maximum Gasteiger partial charge on any atom is 0.126 e. The molecule has 6 aromatic carbocycles. The second-order valence-corrected chi connectivity index (χ2v) is 11.4. The van der Waals surface area contributed by atoms with Crippen LogP contribution in [0.3, 0.4) is 0 Å². The molecule has 0 atom stereocenters. The summed E-state index contributed by atoms with van der Waals surface area (Å²) in [7, 11) is 0. The second kappa shape index (κ2) is 12.3. The van der Waals surface area contributed by atoms with Gasteiger partial charge in [0.25, 0.3) is 0 Å². The van der Waals surface area contributed by atoms with Gasteiger partial charge in [0.2, 0.25) is 0 Å². The van der Waals surface area contributed by atoms with Crippen molar-refractivity contribution in [2.24, 2.45) is 0 Å². The highest BCUT2D eigenvalue weighted by Crippen LogP contribution is 2.48. The van der Waals surface area contributed by atoms with E-state index in [1.807, 2.05) is 0 Å². The fourth-order valence-corrected chi connectivity index (χ4v) is 6.70. The van der Waals surface area contributed by atoms with Gasteiger partial charge in [0.1, 0.15) is 15.7 Å². The largest absolute Gasteiger partial charge is 0.320 e. The van der Waals surface area contributed by atoms with Crippen LogP contribution in [0.5, 0.6) is 0 Å². The Balaban J connectivity index is 1.43. The van der Waals surface area contributed by atoms with Crippen LogP contribution < -0.4 is 4.90 Å². The van der Waals surface area contributed by atoms with Crippen molar-refractivity contribution in [2.75, 3.05) is 4.90 Å².